The molecule has 3 aromatic rings. The Labute approximate surface area is 125 Å². The third-order valence-corrected chi connectivity index (χ3v) is 3.35. The van der Waals surface area contributed by atoms with Gasteiger partial charge in [-0.3, -0.25) is 5.43 Å². The van der Waals surface area contributed by atoms with Crippen LogP contribution in [0.5, 0.6) is 0 Å². The van der Waals surface area contributed by atoms with Gasteiger partial charge in [0.1, 0.15) is 5.58 Å². The predicted molar refractivity (Wildman–Crippen MR) is 85.2 cm³/mol. The van der Waals surface area contributed by atoms with Gasteiger partial charge in [-0.2, -0.15) is 5.10 Å². The van der Waals surface area contributed by atoms with Crippen LogP contribution in [-0.4, -0.2) is 6.21 Å². The minimum atomic E-state index is -0.516. The average Bonchev–Trinajstić information content (AvgIpc) is 2.51. The summed E-state index contributed by atoms with van der Waals surface area (Å²) in [4.78, 5) is 11.9. The van der Waals surface area contributed by atoms with Crippen molar-refractivity contribution >= 4 is 34.5 Å². The van der Waals surface area contributed by atoms with E-state index in [2.05, 4.69) is 10.5 Å². The number of halogens is 1. The van der Waals surface area contributed by atoms with Crippen LogP contribution >= 0.6 is 11.6 Å². The minimum absolute atomic E-state index is 0.221. The van der Waals surface area contributed by atoms with Gasteiger partial charge < -0.3 is 4.42 Å². The molecule has 0 aliphatic heterocycles. The zero-order chi connectivity index (χ0) is 14.7. The summed E-state index contributed by atoms with van der Waals surface area (Å²) in [7, 11) is 0. The molecule has 0 saturated heterocycles. The summed E-state index contributed by atoms with van der Waals surface area (Å²) in [5.74, 6) is 0. The molecule has 2 aromatic carbocycles. The van der Waals surface area contributed by atoms with E-state index >= 15 is 0 Å². The lowest BCUT2D eigenvalue weighted by Crippen LogP contribution is -2.08. The Hall–Kier alpha value is -2.59. The molecule has 21 heavy (non-hydrogen) atoms. The number of hydrazone groups is 1. The molecule has 3 rings (SSSR count). The summed E-state index contributed by atoms with van der Waals surface area (Å²) in [5, 5.41) is 5.04. The standard InChI is InChI=1S/C16H11ClN2O2/c17-15-12-8-4-5-9-14(12)21-16(20)13(15)10-18-19-11-6-2-1-3-7-11/h1-10,19H/b18-10+. The second-order valence-electron chi connectivity index (χ2n) is 4.35. The Morgan fingerprint density at radius 2 is 1.76 bits per heavy atom. The van der Waals surface area contributed by atoms with Crippen LogP contribution in [0.2, 0.25) is 5.02 Å². The van der Waals surface area contributed by atoms with Crippen LogP contribution in [0.3, 0.4) is 0 Å². The molecule has 0 aliphatic carbocycles. The van der Waals surface area contributed by atoms with E-state index in [0.717, 1.165) is 5.69 Å². The van der Waals surface area contributed by atoms with Crippen molar-refractivity contribution in [2.45, 2.75) is 0 Å². The number of anilines is 1. The molecule has 0 saturated carbocycles. The fourth-order valence-electron chi connectivity index (χ4n) is 1.92. The predicted octanol–water partition coefficient (Wildman–Crippen LogP) is 3.89. The highest BCUT2D eigenvalue weighted by Crippen LogP contribution is 2.23. The van der Waals surface area contributed by atoms with E-state index in [4.69, 9.17) is 16.0 Å². The quantitative estimate of drug-likeness (QED) is 0.453. The zero-order valence-electron chi connectivity index (χ0n) is 10.9. The molecular formula is C16H11ClN2O2. The summed E-state index contributed by atoms with van der Waals surface area (Å²) >= 11 is 6.25. The number of hydrogen-bond donors (Lipinski definition) is 1. The molecule has 0 bridgehead atoms. The first-order valence-electron chi connectivity index (χ1n) is 6.31. The van der Waals surface area contributed by atoms with Gasteiger partial charge in [0.05, 0.1) is 22.5 Å². The van der Waals surface area contributed by atoms with E-state index in [1.807, 2.05) is 36.4 Å². The lowest BCUT2D eigenvalue weighted by molar-refractivity contribution is 0.560. The van der Waals surface area contributed by atoms with Crippen molar-refractivity contribution in [2.75, 3.05) is 5.43 Å². The number of fused-ring (bicyclic) bond motifs is 1. The SMILES string of the molecule is O=c1oc2ccccc2c(Cl)c1/C=N/Nc1ccccc1. The third-order valence-electron chi connectivity index (χ3n) is 2.94. The van der Waals surface area contributed by atoms with Crippen molar-refractivity contribution in [1.82, 2.24) is 0 Å². The summed E-state index contributed by atoms with van der Waals surface area (Å²) in [5.41, 5.74) is 3.80. The number of nitrogens with zero attached hydrogens (tertiary/aromatic N) is 1. The number of rotatable bonds is 3. The first-order valence-corrected chi connectivity index (χ1v) is 6.69. The maximum Gasteiger partial charge on any atom is 0.346 e. The lowest BCUT2D eigenvalue weighted by atomic mass is 10.2. The van der Waals surface area contributed by atoms with Crippen molar-refractivity contribution in [3.63, 3.8) is 0 Å². The number of benzene rings is 2. The molecule has 0 radical (unpaired) electrons. The summed E-state index contributed by atoms with van der Waals surface area (Å²) < 4.78 is 5.22. The van der Waals surface area contributed by atoms with Crippen molar-refractivity contribution in [1.29, 1.82) is 0 Å². The van der Waals surface area contributed by atoms with Crippen molar-refractivity contribution in [3.8, 4) is 0 Å². The highest BCUT2D eigenvalue weighted by atomic mass is 35.5. The van der Waals surface area contributed by atoms with Crippen LogP contribution in [0.25, 0.3) is 11.0 Å². The van der Waals surface area contributed by atoms with Gasteiger partial charge >= 0.3 is 5.63 Å². The van der Waals surface area contributed by atoms with Crippen LogP contribution < -0.4 is 11.1 Å². The van der Waals surface area contributed by atoms with E-state index in [-0.39, 0.29) is 5.56 Å². The Morgan fingerprint density at radius 3 is 2.57 bits per heavy atom. The van der Waals surface area contributed by atoms with Crippen LogP contribution in [-0.2, 0) is 0 Å². The molecule has 0 amide bonds. The van der Waals surface area contributed by atoms with E-state index in [1.54, 1.807) is 18.2 Å². The molecule has 1 heterocycles. The third kappa shape index (κ3) is 2.80. The van der Waals surface area contributed by atoms with Gasteiger partial charge in [-0.05, 0) is 24.3 Å². The van der Waals surface area contributed by atoms with Gasteiger partial charge in [0.25, 0.3) is 0 Å². The summed E-state index contributed by atoms with van der Waals surface area (Å²) in [6.07, 6.45) is 1.37. The van der Waals surface area contributed by atoms with Crippen molar-refractivity contribution < 1.29 is 4.42 Å². The normalized spacial score (nSPS) is 11.1. The van der Waals surface area contributed by atoms with E-state index in [0.29, 0.717) is 16.0 Å². The molecule has 4 nitrogen and oxygen atoms in total. The van der Waals surface area contributed by atoms with Crippen LogP contribution in [0.1, 0.15) is 5.56 Å². The molecule has 5 heteroatoms. The van der Waals surface area contributed by atoms with Gasteiger partial charge in [-0.15, -0.1) is 0 Å². The Bertz CT molecular complexity index is 857. The molecule has 1 N–H and O–H groups in total. The monoisotopic (exact) mass is 298 g/mol. The highest BCUT2D eigenvalue weighted by molar-refractivity contribution is 6.37. The molecule has 1 aromatic heterocycles. The second-order valence-corrected chi connectivity index (χ2v) is 4.73. The Balaban J connectivity index is 1.95. The van der Waals surface area contributed by atoms with Gasteiger partial charge in [0, 0.05) is 5.39 Å². The van der Waals surface area contributed by atoms with Gasteiger partial charge in [-0.25, -0.2) is 4.79 Å². The minimum Gasteiger partial charge on any atom is -0.422 e. The van der Waals surface area contributed by atoms with E-state index in [1.165, 1.54) is 6.21 Å². The second kappa shape index (κ2) is 5.81. The van der Waals surface area contributed by atoms with Crippen LogP contribution in [0.4, 0.5) is 5.69 Å². The van der Waals surface area contributed by atoms with Gasteiger partial charge in [-0.1, -0.05) is 41.9 Å². The Morgan fingerprint density at radius 1 is 1.05 bits per heavy atom. The zero-order valence-corrected chi connectivity index (χ0v) is 11.7. The van der Waals surface area contributed by atoms with Gasteiger partial charge in [0.15, 0.2) is 0 Å². The number of nitrogens with one attached hydrogen (secondary N) is 1. The van der Waals surface area contributed by atoms with E-state index < -0.39 is 5.63 Å². The largest absolute Gasteiger partial charge is 0.422 e. The maximum absolute atomic E-state index is 11.9. The first kappa shape index (κ1) is 13.4. The molecule has 0 unspecified atom stereocenters. The first-order chi connectivity index (χ1) is 10.3. The molecule has 0 spiro atoms. The van der Waals surface area contributed by atoms with E-state index in [9.17, 15) is 4.79 Å². The molecule has 104 valence electrons. The Kier molecular flexibility index (Phi) is 3.71. The van der Waals surface area contributed by atoms with Crippen LogP contribution in [0.15, 0.2) is 68.9 Å². The smallest absolute Gasteiger partial charge is 0.346 e. The highest BCUT2D eigenvalue weighted by Gasteiger charge is 2.10. The van der Waals surface area contributed by atoms with Crippen molar-refractivity contribution in [2.24, 2.45) is 5.10 Å². The maximum atomic E-state index is 11.9. The summed E-state index contributed by atoms with van der Waals surface area (Å²) in [6, 6.07) is 16.5. The molecule has 0 atom stereocenters. The fraction of sp³-hybridized carbons (Fsp3) is 0. The molecule has 0 aliphatic rings. The number of hydrogen-bond acceptors (Lipinski definition) is 4. The lowest BCUT2D eigenvalue weighted by Gasteiger charge is -2.02. The molecule has 0 fully saturated rings. The fourth-order valence-corrected chi connectivity index (χ4v) is 2.20. The average molecular weight is 299 g/mol. The topological polar surface area (TPSA) is 54.6 Å². The summed E-state index contributed by atoms with van der Waals surface area (Å²) in [6.45, 7) is 0. The van der Waals surface area contributed by atoms with Crippen LogP contribution in [0, 0.1) is 0 Å². The molecular weight excluding hydrogens is 288 g/mol. The van der Waals surface area contributed by atoms with Crippen molar-refractivity contribution in [3.05, 3.63) is 75.6 Å². The van der Waals surface area contributed by atoms with Gasteiger partial charge in [0.2, 0.25) is 0 Å². The number of para-hydroxylation sites is 2.